The maximum atomic E-state index is 12.1. The summed E-state index contributed by atoms with van der Waals surface area (Å²) in [4.78, 5) is 20.4. The molecule has 2 heterocycles. The molecular formula is C18H19N3O4. The molecule has 0 fully saturated rings. The van der Waals surface area contributed by atoms with Crippen LogP contribution in [0, 0.1) is 13.8 Å². The lowest BCUT2D eigenvalue weighted by Crippen LogP contribution is -2.06. The Balaban J connectivity index is 1.54. The molecule has 0 atom stereocenters. The third-order valence-corrected chi connectivity index (χ3v) is 3.78. The number of aromatic nitrogens is 3. The Morgan fingerprint density at radius 1 is 1.20 bits per heavy atom. The van der Waals surface area contributed by atoms with Crippen molar-refractivity contribution in [3.63, 3.8) is 0 Å². The van der Waals surface area contributed by atoms with Gasteiger partial charge in [-0.15, -0.1) is 0 Å². The second-order valence-corrected chi connectivity index (χ2v) is 5.59. The molecule has 25 heavy (non-hydrogen) atoms. The highest BCUT2D eigenvalue weighted by atomic mass is 16.5. The minimum atomic E-state index is -0.441. The van der Waals surface area contributed by atoms with Crippen LogP contribution in [0.4, 0.5) is 0 Å². The summed E-state index contributed by atoms with van der Waals surface area (Å²) in [5, 5.41) is 0. The molecule has 0 saturated heterocycles. The normalized spacial score (nSPS) is 10.7. The van der Waals surface area contributed by atoms with Crippen molar-refractivity contribution in [1.82, 2.24) is 14.5 Å². The van der Waals surface area contributed by atoms with Crippen molar-refractivity contribution in [1.29, 1.82) is 0 Å². The molecule has 0 radical (unpaired) electrons. The van der Waals surface area contributed by atoms with Crippen LogP contribution in [0.3, 0.4) is 0 Å². The number of benzene rings is 1. The molecule has 2 aromatic heterocycles. The molecular weight excluding hydrogens is 322 g/mol. The van der Waals surface area contributed by atoms with E-state index < -0.39 is 5.97 Å². The van der Waals surface area contributed by atoms with Gasteiger partial charge in [0.05, 0.1) is 11.3 Å². The van der Waals surface area contributed by atoms with Crippen molar-refractivity contribution in [2.45, 2.75) is 27.1 Å². The smallest absolute Gasteiger partial charge is 0.338 e. The average Bonchev–Trinajstić information content (AvgIpc) is 3.16. The number of imidazole rings is 1. The zero-order valence-corrected chi connectivity index (χ0v) is 14.4. The van der Waals surface area contributed by atoms with Gasteiger partial charge in [0.25, 0.3) is 0 Å². The first kappa shape index (κ1) is 16.8. The van der Waals surface area contributed by atoms with Crippen LogP contribution in [0.25, 0.3) is 0 Å². The minimum Gasteiger partial charge on any atom is -0.486 e. The highest BCUT2D eigenvalue weighted by Gasteiger charge is 2.11. The first-order valence-electron chi connectivity index (χ1n) is 7.82. The lowest BCUT2D eigenvalue weighted by molar-refractivity contribution is 0.0437. The van der Waals surface area contributed by atoms with E-state index in [-0.39, 0.29) is 6.61 Å². The van der Waals surface area contributed by atoms with Crippen LogP contribution in [-0.4, -0.2) is 20.5 Å². The number of aryl methyl sites for hydroxylation is 3. The van der Waals surface area contributed by atoms with Gasteiger partial charge in [-0.2, -0.15) is 0 Å². The van der Waals surface area contributed by atoms with E-state index in [1.54, 1.807) is 30.5 Å². The zero-order valence-electron chi connectivity index (χ0n) is 14.4. The van der Waals surface area contributed by atoms with Crippen LogP contribution in [0.2, 0.25) is 0 Å². The highest BCUT2D eigenvalue weighted by molar-refractivity contribution is 5.89. The van der Waals surface area contributed by atoms with Crippen LogP contribution in [0.5, 0.6) is 5.75 Å². The fourth-order valence-corrected chi connectivity index (χ4v) is 2.18. The van der Waals surface area contributed by atoms with Gasteiger partial charge in [-0.05, 0) is 38.1 Å². The van der Waals surface area contributed by atoms with Crippen LogP contribution < -0.4 is 4.74 Å². The molecule has 0 spiro atoms. The number of oxazole rings is 1. The van der Waals surface area contributed by atoms with Gasteiger partial charge in [0.2, 0.25) is 5.89 Å². The predicted molar refractivity (Wildman–Crippen MR) is 89.1 cm³/mol. The van der Waals surface area contributed by atoms with E-state index in [2.05, 4.69) is 9.97 Å². The van der Waals surface area contributed by atoms with Gasteiger partial charge in [0.15, 0.2) is 6.61 Å². The second-order valence-electron chi connectivity index (χ2n) is 5.59. The van der Waals surface area contributed by atoms with Crippen LogP contribution >= 0.6 is 0 Å². The number of carbonyl (C=O) groups excluding carboxylic acids is 1. The zero-order chi connectivity index (χ0) is 17.8. The van der Waals surface area contributed by atoms with Gasteiger partial charge < -0.3 is 18.5 Å². The van der Waals surface area contributed by atoms with Gasteiger partial charge in [-0.1, -0.05) is 0 Å². The Labute approximate surface area is 145 Å². The van der Waals surface area contributed by atoms with Crippen molar-refractivity contribution in [3.05, 3.63) is 65.4 Å². The molecule has 0 N–H and O–H groups in total. The topological polar surface area (TPSA) is 79.4 Å². The van der Waals surface area contributed by atoms with Gasteiger partial charge in [-0.25, -0.2) is 14.8 Å². The number of nitrogens with zero attached hydrogens (tertiary/aromatic N) is 3. The number of esters is 1. The Hall–Kier alpha value is -3.09. The number of hydrogen-bond donors (Lipinski definition) is 0. The fourth-order valence-electron chi connectivity index (χ4n) is 2.18. The van der Waals surface area contributed by atoms with Crippen LogP contribution in [0.1, 0.15) is 33.5 Å². The summed E-state index contributed by atoms with van der Waals surface area (Å²) in [5.41, 5.74) is 1.23. The average molecular weight is 341 g/mol. The van der Waals surface area contributed by atoms with Crippen molar-refractivity contribution < 1.29 is 18.7 Å². The summed E-state index contributed by atoms with van der Waals surface area (Å²) < 4.78 is 18.1. The van der Waals surface area contributed by atoms with E-state index in [1.807, 2.05) is 31.7 Å². The van der Waals surface area contributed by atoms with Crippen molar-refractivity contribution in [3.8, 4) is 5.75 Å². The first-order valence-corrected chi connectivity index (χ1v) is 7.82. The fraction of sp³-hybridized carbons (Fsp3) is 0.278. The van der Waals surface area contributed by atoms with E-state index >= 15 is 0 Å². The number of rotatable bonds is 6. The van der Waals surface area contributed by atoms with Crippen LogP contribution in [0.15, 0.2) is 41.1 Å². The molecule has 0 unspecified atom stereocenters. The molecule has 7 nitrogen and oxygen atoms in total. The van der Waals surface area contributed by atoms with Crippen molar-refractivity contribution in [2.24, 2.45) is 7.05 Å². The third-order valence-electron chi connectivity index (χ3n) is 3.78. The van der Waals surface area contributed by atoms with Gasteiger partial charge in [0, 0.05) is 19.4 Å². The summed E-state index contributed by atoms with van der Waals surface area (Å²) in [7, 11) is 1.90. The van der Waals surface area contributed by atoms with E-state index in [0.29, 0.717) is 23.8 Å². The molecule has 130 valence electrons. The molecule has 0 aliphatic rings. The third kappa shape index (κ3) is 4.06. The summed E-state index contributed by atoms with van der Waals surface area (Å²) >= 11 is 0. The predicted octanol–water partition coefficient (Wildman–Crippen LogP) is 2.96. The highest BCUT2D eigenvalue weighted by Crippen LogP contribution is 2.15. The van der Waals surface area contributed by atoms with E-state index in [0.717, 1.165) is 17.3 Å². The van der Waals surface area contributed by atoms with Gasteiger partial charge in [0.1, 0.15) is 23.9 Å². The summed E-state index contributed by atoms with van der Waals surface area (Å²) in [5.74, 6) is 2.14. The molecule has 0 amide bonds. The molecule has 0 aliphatic heterocycles. The van der Waals surface area contributed by atoms with Crippen LogP contribution in [-0.2, 0) is 25.0 Å². The van der Waals surface area contributed by atoms with E-state index in [9.17, 15) is 4.79 Å². The van der Waals surface area contributed by atoms with E-state index in [4.69, 9.17) is 13.9 Å². The SMILES string of the molecule is Cc1nc(COC(=O)c2ccc(OCc3nccn3C)cc2)oc1C. The minimum absolute atomic E-state index is 0.00488. The van der Waals surface area contributed by atoms with Crippen molar-refractivity contribution in [2.75, 3.05) is 0 Å². The molecule has 3 rings (SSSR count). The summed E-state index contributed by atoms with van der Waals surface area (Å²) in [6.07, 6.45) is 3.57. The molecule has 0 bridgehead atoms. The summed E-state index contributed by atoms with van der Waals surface area (Å²) in [6.45, 7) is 4.02. The second kappa shape index (κ2) is 7.21. The Morgan fingerprint density at radius 2 is 1.96 bits per heavy atom. The first-order chi connectivity index (χ1) is 12.0. The quantitative estimate of drug-likeness (QED) is 0.641. The monoisotopic (exact) mass is 341 g/mol. The number of hydrogen-bond acceptors (Lipinski definition) is 6. The summed E-state index contributed by atoms with van der Waals surface area (Å²) in [6, 6.07) is 6.75. The molecule has 1 aromatic carbocycles. The number of ether oxygens (including phenoxy) is 2. The van der Waals surface area contributed by atoms with Crippen molar-refractivity contribution >= 4 is 5.97 Å². The van der Waals surface area contributed by atoms with Gasteiger partial charge in [-0.3, -0.25) is 0 Å². The Morgan fingerprint density at radius 3 is 2.56 bits per heavy atom. The standard InChI is InChI=1S/C18H19N3O4/c1-12-13(2)25-17(20-12)11-24-18(22)14-4-6-15(7-5-14)23-10-16-19-8-9-21(16)3/h4-9H,10-11H2,1-3H3. The maximum absolute atomic E-state index is 12.1. The maximum Gasteiger partial charge on any atom is 0.338 e. The van der Waals surface area contributed by atoms with Gasteiger partial charge >= 0.3 is 5.97 Å². The Kier molecular flexibility index (Phi) is 4.83. The van der Waals surface area contributed by atoms with E-state index in [1.165, 1.54) is 0 Å². The molecule has 0 saturated carbocycles. The Bertz CT molecular complexity index is 845. The molecule has 0 aliphatic carbocycles. The largest absolute Gasteiger partial charge is 0.486 e. The lowest BCUT2D eigenvalue weighted by Gasteiger charge is -2.07. The lowest BCUT2D eigenvalue weighted by atomic mass is 10.2. The molecule has 3 aromatic rings. The number of carbonyl (C=O) groups is 1. The molecule has 7 heteroatoms.